The van der Waals surface area contributed by atoms with Crippen molar-refractivity contribution >= 4 is 35.0 Å². The van der Waals surface area contributed by atoms with Crippen molar-refractivity contribution in [3.8, 4) is 11.5 Å². The minimum atomic E-state index is 0. The lowest BCUT2D eigenvalue weighted by Crippen LogP contribution is -3.00. The third-order valence-electron chi connectivity index (χ3n) is 4.12. The van der Waals surface area contributed by atoms with Crippen molar-refractivity contribution in [3.05, 3.63) is 57.6 Å². The first-order valence-corrected chi connectivity index (χ1v) is 11.2. The predicted octanol–water partition coefficient (Wildman–Crippen LogP) is 1.38. The third kappa shape index (κ3) is 7.43. The van der Waals surface area contributed by atoms with Crippen LogP contribution in [0.15, 0.2) is 41.6 Å². The van der Waals surface area contributed by atoms with Crippen molar-refractivity contribution in [3.63, 3.8) is 0 Å². The van der Waals surface area contributed by atoms with E-state index in [1.807, 2.05) is 50.4 Å². The normalized spacial score (nSPS) is 10.6. The molecule has 0 spiro atoms. The molecule has 31 heavy (non-hydrogen) atoms. The summed E-state index contributed by atoms with van der Waals surface area (Å²) in [7, 11) is 1.82. The van der Waals surface area contributed by atoms with Crippen LogP contribution < -0.4 is 27.2 Å². The van der Waals surface area contributed by atoms with Gasteiger partial charge in [0.25, 0.3) is 0 Å². The van der Waals surface area contributed by atoms with E-state index in [2.05, 4.69) is 20.8 Å². The summed E-state index contributed by atoms with van der Waals surface area (Å²) in [4.78, 5) is 0. The second-order valence-corrected chi connectivity index (χ2v) is 8.20. The molecule has 0 saturated carbocycles. The molecule has 0 amide bonds. The predicted molar refractivity (Wildman–Crippen MR) is 120 cm³/mol. The number of benzene rings is 2. The van der Waals surface area contributed by atoms with E-state index in [9.17, 15) is 0 Å². The van der Waals surface area contributed by atoms with Crippen LogP contribution in [0.2, 0.25) is 10.0 Å². The highest BCUT2D eigenvalue weighted by atomic mass is 35.5. The first-order chi connectivity index (χ1) is 14.6. The van der Waals surface area contributed by atoms with Crippen LogP contribution in [0.1, 0.15) is 18.1 Å². The zero-order chi connectivity index (χ0) is 21.3. The summed E-state index contributed by atoms with van der Waals surface area (Å²) in [6.07, 6.45) is 0. The molecule has 1 N–H and O–H groups in total. The second-order valence-electron chi connectivity index (χ2n) is 6.33. The lowest BCUT2D eigenvalue weighted by atomic mass is 10.2. The summed E-state index contributed by atoms with van der Waals surface area (Å²) >= 11 is 14.3. The number of rotatable bonds is 11. The molecule has 0 aliphatic rings. The summed E-state index contributed by atoms with van der Waals surface area (Å²) < 4.78 is 13.4. The standard InChI is InChI=1S/C20H23Cl2N5O2S.ClH/c1-3-28-18-11-14(12-23-8-9-30-20-24-25-26-27(20)2)10-17(22)19(18)29-13-15-6-4-5-7-16(15)21;/h4-7,10-11,23H,3,8-9,12-13H2,1-2H3;1H/p-1. The second kappa shape index (κ2) is 13.0. The molecule has 1 heterocycles. The topological polar surface area (TPSA) is 74.1 Å². The van der Waals surface area contributed by atoms with E-state index in [4.69, 9.17) is 32.7 Å². The molecule has 0 fully saturated rings. The molecule has 7 nitrogen and oxygen atoms in total. The molecule has 0 unspecified atom stereocenters. The first kappa shape index (κ1) is 25.5. The molecule has 3 aromatic rings. The fourth-order valence-electron chi connectivity index (χ4n) is 2.68. The fraction of sp³-hybridized carbons (Fsp3) is 0.350. The van der Waals surface area contributed by atoms with Crippen LogP contribution in [0, 0.1) is 0 Å². The lowest BCUT2D eigenvalue weighted by Gasteiger charge is -2.16. The maximum atomic E-state index is 6.51. The molecular weight excluding hydrogens is 481 g/mol. The van der Waals surface area contributed by atoms with E-state index in [1.165, 1.54) is 0 Å². The third-order valence-corrected chi connectivity index (χ3v) is 5.78. The monoisotopic (exact) mass is 502 g/mol. The van der Waals surface area contributed by atoms with Gasteiger partial charge in [-0.1, -0.05) is 53.2 Å². The summed E-state index contributed by atoms with van der Waals surface area (Å²) in [6, 6.07) is 11.4. The minimum Gasteiger partial charge on any atom is -1.00 e. The Labute approximate surface area is 202 Å². The molecule has 0 aliphatic heterocycles. The Balaban J connectivity index is 0.00000341. The highest BCUT2D eigenvalue weighted by molar-refractivity contribution is 7.99. The number of nitrogens with zero attached hydrogens (tertiary/aromatic N) is 4. The average molecular weight is 504 g/mol. The number of nitrogens with one attached hydrogen (secondary N) is 1. The van der Waals surface area contributed by atoms with Gasteiger partial charge in [0.1, 0.15) is 6.61 Å². The van der Waals surface area contributed by atoms with Crippen LogP contribution in [-0.4, -0.2) is 39.1 Å². The number of aromatic nitrogens is 4. The maximum absolute atomic E-state index is 6.51. The van der Waals surface area contributed by atoms with Gasteiger partial charge in [0, 0.05) is 36.5 Å². The Bertz CT molecular complexity index is 974. The smallest absolute Gasteiger partial charge is 0.209 e. The minimum absolute atomic E-state index is 0. The largest absolute Gasteiger partial charge is 1.00 e. The molecule has 11 heteroatoms. The Morgan fingerprint density at radius 1 is 1.13 bits per heavy atom. The zero-order valence-corrected chi connectivity index (χ0v) is 20.2. The average Bonchev–Trinajstić information content (AvgIpc) is 3.13. The number of hydrogen-bond acceptors (Lipinski definition) is 7. The molecule has 2 aromatic carbocycles. The Morgan fingerprint density at radius 2 is 1.94 bits per heavy atom. The van der Waals surface area contributed by atoms with Gasteiger partial charge in [-0.2, -0.15) is 0 Å². The highest BCUT2D eigenvalue weighted by Gasteiger charge is 2.14. The zero-order valence-electron chi connectivity index (χ0n) is 17.1. The summed E-state index contributed by atoms with van der Waals surface area (Å²) in [5.41, 5.74) is 1.90. The van der Waals surface area contributed by atoms with Gasteiger partial charge < -0.3 is 27.2 Å². The number of thioether (sulfide) groups is 1. The van der Waals surface area contributed by atoms with E-state index >= 15 is 0 Å². The molecule has 0 radical (unpaired) electrons. The molecule has 3 rings (SSSR count). The van der Waals surface area contributed by atoms with Crippen LogP contribution in [0.3, 0.4) is 0 Å². The maximum Gasteiger partial charge on any atom is 0.209 e. The number of tetrazole rings is 1. The van der Waals surface area contributed by atoms with E-state index in [0.717, 1.165) is 28.6 Å². The van der Waals surface area contributed by atoms with Gasteiger partial charge in [-0.3, -0.25) is 0 Å². The van der Waals surface area contributed by atoms with Crippen molar-refractivity contribution in [1.82, 2.24) is 25.5 Å². The summed E-state index contributed by atoms with van der Waals surface area (Å²) in [5, 5.41) is 16.7. The van der Waals surface area contributed by atoms with Crippen LogP contribution >= 0.6 is 35.0 Å². The number of ether oxygens (including phenoxy) is 2. The first-order valence-electron chi connectivity index (χ1n) is 9.45. The van der Waals surface area contributed by atoms with Crippen molar-refractivity contribution in [2.75, 3.05) is 18.9 Å². The van der Waals surface area contributed by atoms with Gasteiger partial charge >= 0.3 is 0 Å². The molecular formula is C20H23Cl3N5O2S-. The Morgan fingerprint density at radius 3 is 2.65 bits per heavy atom. The van der Waals surface area contributed by atoms with Crippen molar-refractivity contribution in [2.24, 2.45) is 7.05 Å². The number of halogens is 3. The van der Waals surface area contributed by atoms with Crippen LogP contribution in [0.5, 0.6) is 11.5 Å². The van der Waals surface area contributed by atoms with E-state index < -0.39 is 0 Å². The van der Waals surface area contributed by atoms with Gasteiger partial charge in [0.05, 0.1) is 11.6 Å². The van der Waals surface area contributed by atoms with E-state index in [0.29, 0.717) is 41.3 Å². The molecule has 0 aliphatic carbocycles. The van der Waals surface area contributed by atoms with Gasteiger partial charge in [0.2, 0.25) is 5.16 Å². The van der Waals surface area contributed by atoms with Crippen LogP contribution in [0.4, 0.5) is 0 Å². The van der Waals surface area contributed by atoms with Gasteiger partial charge in [-0.25, -0.2) is 4.68 Å². The molecule has 0 saturated heterocycles. The number of hydrogen-bond donors (Lipinski definition) is 1. The molecule has 0 bridgehead atoms. The van der Waals surface area contributed by atoms with Crippen LogP contribution in [-0.2, 0) is 20.2 Å². The fourth-order valence-corrected chi connectivity index (χ4v) is 3.91. The van der Waals surface area contributed by atoms with E-state index in [1.54, 1.807) is 16.4 Å². The number of aryl methyl sites for hydroxylation is 1. The quantitative estimate of drug-likeness (QED) is 0.313. The SMILES string of the molecule is CCOc1cc(CNCCSc2nnnn2C)cc(Cl)c1OCc1ccccc1Cl.[Cl-]. The van der Waals surface area contributed by atoms with Crippen LogP contribution in [0.25, 0.3) is 0 Å². The highest BCUT2D eigenvalue weighted by Crippen LogP contribution is 2.37. The molecule has 168 valence electrons. The van der Waals surface area contributed by atoms with Gasteiger partial charge in [0.15, 0.2) is 11.5 Å². The van der Waals surface area contributed by atoms with Gasteiger partial charge in [-0.05, 0) is 41.1 Å². The summed E-state index contributed by atoms with van der Waals surface area (Å²) in [5.74, 6) is 1.99. The van der Waals surface area contributed by atoms with Gasteiger partial charge in [-0.15, -0.1) is 5.10 Å². The molecule has 0 atom stereocenters. The Hall–Kier alpha value is -1.71. The van der Waals surface area contributed by atoms with E-state index in [-0.39, 0.29) is 12.4 Å². The van der Waals surface area contributed by atoms with Crippen molar-refractivity contribution in [1.29, 1.82) is 0 Å². The van der Waals surface area contributed by atoms with Crippen molar-refractivity contribution in [2.45, 2.75) is 25.2 Å². The lowest BCUT2D eigenvalue weighted by molar-refractivity contribution is -0.00000692. The molecule has 1 aromatic heterocycles. The summed E-state index contributed by atoms with van der Waals surface area (Å²) in [6.45, 7) is 4.20. The Kier molecular flexibility index (Phi) is 10.7. The van der Waals surface area contributed by atoms with Crippen molar-refractivity contribution < 1.29 is 21.9 Å².